The van der Waals surface area contributed by atoms with Gasteiger partial charge in [0.05, 0.1) is 16.8 Å². The second kappa shape index (κ2) is 5.54. The number of hydrogen-bond acceptors (Lipinski definition) is 4. The molecule has 108 valence electrons. The van der Waals surface area contributed by atoms with Crippen molar-refractivity contribution in [3.63, 3.8) is 0 Å². The molecule has 0 aliphatic rings. The molecular weight excluding hydrogens is 274 g/mol. The average molecular weight is 287 g/mol. The fourth-order valence-corrected chi connectivity index (χ4v) is 1.80. The van der Waals surface area contributed by atoms with Crippen molar-refractivity contribution in [3.05, 3.63) is 53.1 Å². The van der Waals surface area contributed by atoms with Crippen molar-refractivity contribution in [1.29, 1.82) is 0 Å². The van der Waals surface area contributed by atoms with E-state index in [9.17, 15) is 19.8 Å². The highest BCUT2D eigenvalue weighted by atomic mass is 16.4. The van der Waals surface area contributed by atoms with E-state index in [4.69, 9.17) is 5.11 Å². The van der Waals surface area contributed by atoms with Gasteiger partial charge in [-0.15, -0.1) is 0 Å². The summed E-state index contributed by atoms with van der Waals surface area (Å²) in [5, 5.41) is 30.8. The molecule has 0 bridgehead atoms. The highest BCUT2D eigenvalue weighted by Gasteiger charge is 2.15. The summed E-state index contributed by atoms with van der Waals surface area (Å²) in [7, 11) is 0. The van der Waals surface area contributed by atoms with Crippen LogP contribution in [0.25, 0.3) is 0 Å². The summed E-state index contributed by atoms with van der Waals surface area (Å²) in [5.74, 6) is -2.29. The second-order valence-corrected chi connectivity index (χ2v) is 4.46. The van der Waals surface area contributed by atoms with E-state index in [-0.39, 0.29) is 28.3 Å². The molecule has 0 aliphatic heterocycles. The fourth-order valence-electron chi connectivity index (χ4n) is 1.80. The summed E-state index contributed by atoms with van der Waals surface area (Å²) >= 11 is 0. The van der Waals surface area contributed by atoms with Gasteiger partial charge in [-0.1, -0.05) is 12.1 Å². The normalized spacial score (nSPS) is 10.1. The number of aromatic carboxylic acids is 1. The Morgan fingerprint density at radius 2 is 1.81 bits per heavy atom. The quantitative estimate of drug-likeness (QED) is 0.648. The molecule has 0 unspecified atom stereocenters. The lowest BCUT2D eigenvalue weighted by atomic mass is 10.1. The van der Waals surface area contributed by atoms with E-state index in [1.807, 2.05) is 0 Å². The highest BCUT2D eigenvalue weighted by molar-refractivity contribution is 6.07. The van der Waals surface area contributed by atoms with E-state index in [1.165, 1.54) is 18.2 Å². The van der Waals surface area contributed by atoms with Crippen molar-refractivity contribution in [1.82, 2.24) is 0 Å². The number of phenols is 2. The fraction of sp³-hybridized carbons (Fsp3) is 0.0667. The van der Waals surface area contributed by atoms with E-state index in [0.717, 1.165) is 6.07 Å². The van der Waals surface area contributed by atoms with Crippen LogP contribution in [0.4, 0.5) is 5.69 Å². The van der Waals surface area contributed by atoms with Crippen LogP contribution in [0.5, 0.6) is 11.5 Å². The Labute approximate surface area is 120 Å². The van der Waals surface area contributed by atoms with Crippen molar-refractivity contribution in [3.8, 4) is 11.5 Å². The Hall–Kier alpha value is -3.02. The SMILES string of the molecule is Cc1cccc(C(=O)Nc2ccc(C(=O)O)cc2O)c1O. The number of carboxylic acids is 1. The van der Waals surface area contributed by atoms with Crippen molar-refractivity contribution in [2.75, 3.05) is 5.32 Å². The molecule has 0 spiro atoms. The number of nitrogens with one attached hydrogen (secondary N) is 1. The molecule has 0 aromatic heterocycles. The zero-order valence-electron chi connectivity index (χ0n) is 11.1. The number of carboxylic acid groups (broad SMARTS) is 1. The maximum atomic E-state index is 12.1. The first kappa shape index (κ1) is 14.4. The number of anilines is 1. The van der Waals surface area contributed by atoms with Crippen molar-refractivity contribution in [2.24, 2.45) is 0 Å². The molecule has 2 aromatic rings. The van der Waals surface area contributed by atoms with Crippen LogP contribution in [0.2, 0.25) is 0 Å². The standard InChI is InChI=1S/C15H13NO5/c1-8-3-2-4-10(13(8)18)14(19)16-11-6-5-9(15(20)21)7-12(11)17/h2-7,17-18H,1H3,(H,16,19)(H,20,21). The van der Waals surface area contributed by atoms with E-state index < -0.39 is 11.9 Å². The maximum Gasteiger partial charge on any atom is 0.335 e. The lowest BCUT2D eigenvalue weighted by Gasteiger charge is -2.10. The van der Waals surface area contributed by atoms with Crippen LogP contribution >= 0.6 is 0 Å². The topological polar surface area (TPSA) is 107 Å². The van der Waals surface area contributed by atoms with Crippen LogP contribution in [-0.4, -0.2) is 27.2 Å². The Balaban J connectivity index is 2.28. The van der Waals surface area contributed by atoms with Crippen LogP contribution in [0.15, 0.2) is 36.4 Å². The number of phenolic OH excluding ortho intramolecular Hbond substituents is 2. The zero-order valence-corrected chi connectivity index (χ0v) is 11.1. The number of amides is 1. The number of carbonyl (C=O) groups is 2. The van der Waals surface area contributed by atoms with Gasteiger partial charge in [0.2, 0.25) is 0 Å². The zero-order chi connectivity index (χ0) is 15.6. The third-order valence-corrected chi connectivity index (χ3v) is 2.98. The van der Waals surface area contributed by atoms with Crippen LogP contribution < -0.4 is 5.32 Å². The molecule has 0 fully saturated rings. The number of aromatic hydroxyl groups is 2. The minimum Gasteiger partial charge on any atom is -0.507 e. The number of carbonyl (C=O) groups excluding carboxylic acids is 1. The van der Waals surface area contributed by atoms with Crippen molar-refractivity contribution in [2.45, 2.75) is 6.92 Å². The van der Waals surface area contributed by atoms with Gasteiger partial charge in [-0.25, -0.2) is 4.79 Å². The van der Waals surface area contributed by atoms with E-state index in [1.54, 1.807) is 19.1 Å². The first-order valence-corrected chi connectivity index (χ1v) is 6.06. The molecule has 4 N–H and O–H groups in total. The molecule has 0 saturated carbocycles. The molecule has 0 atom stereocenters. The molecular formula is C15H13NO5. The van der Waals surface area contributed by atoms with Gasteiger partial charge in [0.15, 0.2) is 0 Å². The van der Waals surface area contributed by atoms with Gasteiger partial charge < -0.3 is 20.6 Å². The van der Waals surface area contributed by atoms with Gasteiger partial charge in [0.1, 0.15) is 11.5 Å². The van der Waals surface area contributed by atoms with Crippen LogP contribution in [0, 0.1) is 6.92 Å². The first-order valence-electron chi connectivity index (χ1n) is 6.06. The molecule has 6 nitrogen and oxygen atoms in total. The van der Waals surface area contributed by atoms with Crippen LogP contribution in [-0.2, 0) is 0 Å². The molecule has 0 heterocycles. The molecule has 0 saturated heterocycles. The predicted octanol–water partition coefficient (Wildman–Crippen LogP) is 2.36. The Morgan fingerprint density at radius 1 is 1.10 bits per heavy atom. The molecule has 0 aliphatic carbocycles. The van der Waals surface area contributed by atoms with E-state index in [0.29, 0.717) is 5.56 Å². The largest absolute Gasteiger partial charge is 0.507 e. The summed E-state index contributed by atoms with van der Waals surface area (Å²) in [5.41, 5.74) is 0.583. The monoisotopic (exact) mass is 287 g/mol. The minimum atomic E-state index is -1.18. The average Bonchev–Trinajstić information content (AvgIpc) is 2.43. The molecule has 6 heteroatoms. The minimum absolute atomic E-state index is 0.0610. The van der Waals surface area contributed by atoms with Gasteiger partial charge in [0, 0.05) is 0 Å². The molecule has 0 radical (unpaired) electrons. The predicted molar refractivity (Wildman–Crippen MR) is 75.9 cm³/mol. The highest BCUT2D eigenvalue weighted by Crippen LogP contribution is 2.27. The third-order valence-electron chi connectivity index (χ3n) is 2.98. The van der Waals surface area contributed by atoms with Crippen LogP contribution in [0.1, 0.15) is 26.3 Å². The molecule has 2 aromatic carbocycles. The Bertz CT molecular complexity index is 724. The van der Waals surface area contributed by atoms with Gasteiger partial charge in [-0.3, -0.25) is 4.79 Å². The maximum absolute atomic E-state index is 12.1. The first-order chi connectivity index (χ1) is 9.90. The Morgan fingerprint density at radius 3 is 2.43 bits per heavy atom. The lowest BCUT2D eigenvalue weighted by molar-refractivity contribution is 0.0696. The number of aryl methyl sites for hydroxylation is 1. The van der Waals surface area contributed by atoms with Gasteiger partial charge in [0.25, 0.3) is 5.91 Å². The van der Waals surface area contributed by atoms with E-state index >= 15 is 0 Å². The number of benzene rings is 2. The van der Waals surface area contributed by atoms with Gasteiger partial charge in [-0.2, -0.15) is 0 Å². The molecule has 1 amide bonds. The molecule has 21 heavy (non-hydrogen) atoms. The van der Waals surface area contributed by atoms with Crippen molar-refractivity contribution >= 4 is 17.6 Å². The summed E-state index contributed by atoms with van der Waals surface area (Å²) in [6.07, 6.45) is 0. The van der Waals surface area contributed by atoms with Gasteiger partial charge >= 0.3 is 5.97 Å². The smallest absolute Gasteiger partial charge is 0.335 e. The summed E-state index contributed by atoms with van der Waals surface area (Å²) in [6, 6.07) is 8.30. The van der Waals surface area contributed by atoms with Crippen LogP contribution in [0.3, 0.4) is 0 Å². The Kier molecular flexibility index (Phi) is 3.80. The van der Waals surface area contributed by atoms with Gasteiger partial charge in [-0.05, 0) is 36.8 Å². The lowest BCUT2D eigenvalue weighted by Crippen LogP contribution is -2.12. The molecule has 2 rings (SSSR count). The van der Waals surface area contributed by atoms with E-state index in [2.05, 4.69) is 5.32 Å². The summed E-state index contributed by atoms with van der Waals surface area (Å²) in [6.45, 7) is 1.66. The van der Waals surface area contributed by atoms with Crippen molar-refractivity contribution < 1.29 is 24.9 Å². The number of hydrogen-bond donors (Lipinski definition) is 4. The number of para-hydroxylation sites is 1. The second-order valence-electron chi connectivity index (χ2n) is 4.46. The number of rotatable bonds is 3. The third kappa shape index (κ3) is 2.94. The summed E-state index contributed by atoms with van der Waals surface area (Å²) in [4.78, 5) is 22.8. The summed E-state index contributed by atoms with van der Waals surface area (Å²) < 4.78 is 0.